The first kappa shape index (κ1) is 14.5. The molecule has 19 heavy (non-hydrogen) atoms. The third kappa shape index (κ3) is 4.31. The highest BCUT2D eigenvalue weighted by molar-refractivity contribution is 5.19. The Labute approximate surface area is 116 Å². The molecule has 0 heterocycles. The van der Waals surface area contributed by atoms with E-state index in [-0.39, 0.29) is 11.4 Å². The van der Waals surface area contributed by atoms with Gasteiger partial charge in [-0.15, -0.1) is 0 Å². The van der Waals surface area contributed by atoms with E-state index in [1.807, 2.05) is 12.1 Å². The molecule has 1 saturated carbocycles. The van der Waals surface area contributed by atoms with E-state index in [4.69, 9.17) is 5.73 Å². The van der Waals surface area contributed by atoms with Gasteiger partial charge in [0.15, 0.2) is 0 Å². The van der Waals surface area contributed by atoms with Crippen LogP contribution in [0.1, 0.15) is 57.4 Å². The third-order valence-electron chi connectivity index (χ3n) is 4.54. The van der Waals surface area contributed by atoms with Crippen molar-refractivity contribution >= 4 is 0 Å². The van der Waals surface area contributed by atoms with Crippen LogP contribution in [0, 0.1) is 11.7 Å². The molecule has 106 valence electrons. The molecule has 2 rings (SSSR count). The second-order valence-electron chi connectivity index (χ2n) is 6.25. The summed E-state index contributed by atoms with van der Waals surface area (Å²) in [4.78, 5) is 0. The van der Waals surface area contributed by atoms with Crippen LogP contribution in [0.15, 0.2) is 24.3 Å². The van der Waals surface area contributed by atoms with Gasteiger partial charge in [0.2, 0.25) is 0 Å². The summed E-state index contributed by atoms with van der Waals surface area (Å²) in [5.74, 6) is 0.711. The average molecular weight is 263 g/mol. The van der Waals surface area contributed by atoms with E-state index in [2.05, 4.69) is 6.92 Å². The predicted octanol–water partition coefficient (Wildman–Crippen LogP) is 4.45. The minimum Gasteiger partial charge on any atom is -0.325 e. The van der Waals surface area contributed by atoms with Crippen molar-refractivity contribution < 1.29 is 4.39 Å². The Morgan fingerprint density at radius 2 is 1.84 bits per heavy atom. The van der Waals surface area contributed by atoms with E-state index in [1.165, 1.54) is 44.2 Å². The van der Waals surface area contributed by atoms with Gasteiger partial charge in [-0.2, -0.15) is 0 Å². The second kappa shape index (κ2) is 6.51. The molecule has 2 N–H and O–H groups in total. The predicted molar refractivity (Wildman–Crippen MR) is 78.5 cm³/mol. The van der Waals surface area contributed by atoms with Gasteiger partial charge in [0.1, 0.15) is 5.82 Å². The number of hydrogen-bond donors (Lipinski definition) is 1. The van der Waals surface area contributed by atoms with Gasteiger partial charge in [0, 0.05) is 5.54 Å². The van der Waals surface area contributed by atoms with Crippen molar-refractivity contribution in [2.75, 3.05) is 0 Å². The number of hydrogen-bond acceptors (Lipinski definition) is 1. The van der Waals surface area contributed by atoms with E-state index in [9.17, 15) is 4.39 Å². The smallest absolute Gasteiger partial charge is 0.123 e. The highest BCUT2D eigenvalue weighted by Gasteiger charge is 2.31. The van der Waals surface area contributed by atoms with Crippen LogP contribution >= 0.6 is 0 Å². The van der Waals surface area contributed by atoms with Crippen molar-refractivity contribution in [3.05, 3.63) is 35.6 Å². The van der Waals surface area contributed by atoms with Gasteiger partial charge in [0.25, 0.3) is 0 Å². The molecule has 1 fully saturated rings. The monoisotopic (exact) mass is 263 g/mol. The summed E-state index contributed by atoms with van der Waals surface area (Å²) in [5.41, 5.74) is 7.62. The molecule has 0 saturated heterocycles. The van der Waals surface area contributed by atoms with Crippen molar-refractivity contribution in [1.82, 2.24) is 0 Å². The Bertz CT molecular complexity index is 377. The zero-order valence-electron chi connectivity index (χ0n) is 12.0. The van der Waals surface area contributed by atoms with Crippen molar-refractivity contribution in [3.63, 3.8) is 0 Å². The second-order valence-corrected chi connectivity index (χ2v) is 6.25. The topological polar surface area (TPSA) is 26.0 Å². The molecule has 0 atom stereocenters. The minimum atomic E-state index is -0.168. The molecule has 1 aromatic carbocycles. The largest absolute Gasteiger partial charge is 0.325 e. The lowest BCUT2D eigenvalue weighted by molar-refractivity contribution is 0.221. The Hall–Kier alpha value is -0.890. The van der Waals surface area contributed by atoms with Gasteiger partial charge < -0.3 is 5.73 Å². The SMILES string of the molecule is CCCCC1CCC(N)(Cc2ccc(F)cc2)CC1. The van der Waals surface area contributed by atoms with Gasteiger partial charge in [-0.25, -0.2) is 4.39 Å². The van der Waals surface area contributed by atoms with Gasteiger partial charge >= 0.3 is 0 Å². The van der Waals surface area contributed by atoms with Crippen molar-refractivity contribution in [2.24, 2.45) is 11.7 Å². The zero-order chi connectivity index (χ0) is 13.7. The fourth-order valence-electron chi connectivity index (χ4n) is 3.22. The maximum absolute atomic E-state index is 12.9. The zero-order valence-corrected chi connectivity index (χ0v) is 12.0. The third-order valence-corrected chi connectivity index (χ3v) is 4.54. The average Bonchev–Trinajstić information content (AvgIpc) is 2.41. The lowest BCUT2D eigenvalue weighted by Crippen LogP contribution is -2.45. The fraction of sp³-hybridized carbons (Fsp3) is 0.647. The molecular weight excluding hydrogens is 237 g/mol. The Balaban J connectivity index is 1.85. The molecule has 1 nitrogen and oxygen atoms in total. The molecule has 1 aromatic rings. The quantitative estimate of drug-likeness (QED) is 0.834. The fourth-order valence-corrected chi connectivity index (χ4v) is 3.22. The van der Waals surface area contributed by atoms with Crippen molar-refractivity contribution in [3.8, 4) is 0 Å². The van der Waals surface area contributed by atoms with E-state index in [0.29, 0.717) is 0 Å². The van der Waals surface area contributed by atoms with Crippen molar-refractivity contribution in [2.45, 2.75) is 63.8 Å². The van der Waals surface area contributed by atoms with Crippen LogP contribution in [-0.2, 0) is 6.42 Å². The van der Waals surface area contributed by atoms with Gasteiger partial charge in [-0.05, 0) is 55.7 Å². The summed E-state index contributed by atoms with van der Waals surface area (Å²) in [6.45, 7) is 2.25. The molecule has 0 unspecified atom stereocenters. The first-order valence-electron chi connectivity index (χ1n) is 7.65. The van der Waals surface area contributed by atoms with Crippen LogP contribution in [0.4, 0.5) is 4.39 Å². The molecule has 0 amide bonds. The summed E-state index contributed by atoms with van der Waals surface area (Å²) in [6, 6.07) is 6.80. The van der Waals surface area contributed by atoms with Crippen LogP contribution in [0.3, 0.4) is 0 Å². The van der Waals surface area contributed by atoms with Crippen LogP contribution in [0.5, 0.6) is 0 Å². The summed E-state index contributed by atoms with van der Waals surface area (Å²) >= 11 is 0. The highest BCUT2D eigenvalue weighted by atomic mass is 19.1. The molecule has 1 aliphatic rings. The maximum atomic E-state index is 12.9. The Morgan fingerprint density at radius 3 is 2.42 bits per heavy atom. The summed E-state index contributed by atoms with van der Waals surface area (Å²) in [6.07, 6.45) is 9.63. The first-order valence-corrected chi connectivity index (χ1v) is 7.65. The Kier molecular flexibility index (Phi) is 4.98. The van der Waals surface area contributed by atoms with Gasteiger partial charge in [-0.3, -0.25) is 0 Å². The van der Waals surface area contributed by atoms with Crippen LogP contribution in [0.25, 0.3) is 0 Å². The summed E-state index contributed by atoms with van der Waals surface area (Å²) in [5, 5.41) is 0. The summed E-state index contributed by atoms with van der Waals surface area (Å²) < 4.78 is 12.9. The normalized spacial score (nSPS) is 27.4. The van der Waals surface area contributed by atoms with Crippen LogP contribution in [0.2, 0.25) is 0 Å². The van der Waals surface area contributed by atoms with E-state index in [0.717, 1.165) is 30.7 Å². The van der Waals surface area contributed by atoms with E-state index in [1.54, 1.807) is 0 Å². The number of unbranched alkanes of at least 4 members (excludes halogenated alkanes) is 1. The molecule has 2 heteroatoms. The molecule has 0 bridgehead atoms. The lowest BCUT2D eigenvalue weighted by atomic mass is 9.73. The summed E-state index contributed by atoms with van der Waals surface area (Å²) in [7, 11) is 0. The molecule has 1 aliphatic carbocycles. The minimum absolute atomic E-state index is 0.0689. The van der Waals surface area contributed by atoms with Crippen molar-refractivity contribution in [1.29, 1.82) is 0 Å². The maximum Gasteiger partial charge on any atom is 0.123 e. The van der Waals surface area contributed by atoms with Gasteiger partial charge in [0.05, 0.1) is 0 Å². The van der Waals surface area contributed by atoms with Crippen LogP contribution < -0.4 is 5.73 Å². The van der Waals surface area contributed by atoms with E-state index < -0.39 is 0 Å². The molecular formula is C17H26FN. The standard InChI is InChI=1S/C17H26FN/c1-2-3-4-14-9-11-17(19,12-10-14)13-15-5-7-16(18)8-6-15/h5-8,14H,2-4,9-13,19H2,1H3. The first-order chi connectivity index (χ1) is 9.11. The molecule has 0 radical (unpaired) electrons. The number of rotatable bonds is 5. The van der Waals surface area contributed by atoms with Gasteiger partial charge in [-0.1, -0.05) is 38.3 Å². The number of benzene rings is 1. The van der Waals surface area contributed by atoms with E-state index >= 15 is 0 Å². The Morgan fingerprint density at radius 1 is 1.21 bits per heavy atom. The van der Waals surface area contributed by atoms with Crippen LogP contribution in [-0.4, -0.2) is 5.54 Å². The molecule has 0 spiro atoms. The molecule has 0 aliphatic heterocycles. The highest BCUT2D eigenvalue weighted by Crippen LogP contribution is 2.35. The number of halogens is 1. The lowest BCUT2D eigenvalue weighted by Gasteiger charge is -2.37. The molecule has 0 aromatic heterocycles. The number of nitrogens with two attached hydrogens (primary N) is 1.